The van der Waals surface area contributed by atoms with Crippen LogP contribution in [0.25, 0.3) is 0 Å². The number of ether oxygens (including phenoxy) is 1. The monoisotopic (exact) mass is 351 g/mol. The van der Waals surface area contributed by atoms with E-state index in [0.717, 1.165) is 12.1 Å². The van der Waals surface area contributed by atoms with Crippen molar-refractivity contribution in [2.24, 2.45) is 5.92 Å². The number of hydrogen-bond donors (Lipinski definition) is 0. The average Bonchev–Trinajstić information content (AvgIpc) is 2.60. The van der Waals surface area contributed by atoms with E-state index in [4.69, 9.17) is 0 Å². The number of piperidine rings is 1. The third-order valence-corrected chi connectivity index (χ3v) is 4.31. The second-order valence-electron chi connectivity index (χ2n) is 5.74. The molecule has 134 valence electrons. The van der Waals surface area contributed by atoms with Crippen LogP contribution in [-0.2, 0) is 9.53 Å². The Morgan fingerprint density at radius 2 is 1.60 bits per heavy atom. The molecule has 0 aliphatic carbocycles. The van der Waals surface area contributed by atoms with Crippen molar-refractivity contribution in [2.45, 2.75) is 19.8 Å². The molecule has 1 aromatic carbocycles. The number of amides is 1. The van der Waals surface area contributed by atoms with Crippen molar-refractivity contribution < 1.29 is 24.2 Å². The van der Waals surface area contributed by atoms with E-state index in [-0.39, 0.29) is 36.1 Å². The first kappa shape index (κ1) is 18.3. The molecule has 1 aliphatic heterocycles. The van der Waals surface area contributed by atoms with Crippen LogP contribution in [0, 0.1) is 33.1 Å². The molecule has 0 aromatic heterocycles. The van der Waals surface area contributed by atoms with Gasteiger partial charge in [0, 0.05) is 25.2 Å². The molecule has 1 heterocycles. The van der Waals surface area contributed by atoms with Crippen LogP contribution in [0.4, 0.5) is 11.4 Å². The Bertz CT molecular complexity index is 704. The Hall–Kier alpha value is -3.04. The Balaban J connectivity index is 2.27. The maximum Gasteiger partial charge on any atom is 0.308 e. The van der Waals surface area contributed by atoms with Gasteiger partial charge >= 0.3 is 5.97 Å². The van der Waals surface area contributed by atoms with E-state index < -0.39 is 27.1 Å². The lowest BCUT2D eigenvalue weighted by Gasteiger charge is -2.30. The number of rotatable bonds is 4. The summed E-state index contributed by atoms with van der Waals surface area (Å²) < 4.78 is 4.68. The van der Waals surface area contributed by atoms with Gasteiger partial charge in [-0.1, -0.05) is 0 Å². The Morgan fingerprint density at radius 1 is 1.12 bits per heavy atom. The van der Waals surface area contributed by atoms with Crippen LogP contribution in [0.1, 0.15) is 28.8 Å². The first-order chi connectivity index (χ1) is 11.8. The van der Waals surface area contributed by atoms with Gasteiger partial charge in [-0.05, 0) is 19.8 Å². The second kappa shape index (κ2) is 7.24. The summed E-state index contributed by atoms with van der Waals surface area (Å²) >= 11 is 0. The van der Waals surface area contributed by atoms with Crippen molar-refractivity contribution in [3.05, 3.63) is 43.5 Å². The zero-order chi connectivity index (χ0) is 18.7. The molecule has 1 aromatic rings. The quantitative estimate of drug-likeness (QED) is 0.459. The van der Waals surface area contributed by atoms with Crippen molar-refractivity contribution in [1.82, 2.24) is 4.90 Å². The predicted octanol–water partition coefficient (Wildman–Crippen LogP) is 1.84. The maximum atomic E-state index is 12.6. The van der Waals surface area contributed by atoms with Crippen molar-refractivity contribution in [3.8, 4) is 0 Å². The number of esters is 1. The molecule has 1 saturated heterocycles. The Kier molecular flexibility index (Phi) is 5.30. The van der Waals surface area contributed by atoms with Crippen molar-refractivity contribution in [2.75, 3.05) is 20.2 Å². The summed E-state index contributed by atoms with van der Waals surface area (Å²) in [4.78, 5) is 46.2. The fourth-order valence-electron chi connectivity index (χ4n) is 2.85. The SMILES string of the molecule is COC(=O)C1CCN(C(=O)c2cc([N+](=O)[O-])c(C)c([N+](=O)[O-])c2)CC1. The van der Waals surface area contributed by atoms with Gasteiger partial charge in [0.1, 0.15) is 5.56 Å². The number of nitrogens with zero attached hydrogens (tertiary/aromatic N) is 3. The molecular weight excluding hydrogens is 334 g/mol. The highest BCUT2D eigenvalue weighted by Crippen LogP contribution is 2.30. The summed E-state index contributed by atoms with van der Waals surface area (Å²) in [6.45, 7) is 1.81. The number of hydrogen-bond acceptors (Lipinski definition) is 7. The molecule has 0 atom stereocenters. The van der Waals surface area contributed by atoms with Gasteiger partial charge in [-0.15, -0.1) is 0 Å². The number of carbonyl (C=O) groups is 2. The summed E-state index contributed by atoms with van der Waals surface area (Å²) in [5.74, 6) is -1.17. The molecule has 25 heavy (non-hydrogen) atoms. The first-order valence-electron chi connectivity index (χ1n) is 7.56. The summed E-state index contributed by atoms with van der Waals surface area (Å²) in [6, 6.07) is 2.11. The van der Waals surface area contributed by atoms with E-state index >= 15 is 0 Å². The maximum absolute atomic E-state index is 12.6. The molecule has 2 rings (SSSR count). The van der Waals surface area contributed by atoms with Gasteiger partial charge in [-0.3, -0.25) is 29.8 Å². The molecule has 0 saturated carbocycles. The van der Waals surface area contributed by atoms with E-state index in [9.17, 15) is 29.8 Å². The van der Waals surface area contributed by atoms with Crippen molar-refractivity contribution in [1.29, 1.82) is 0 Å². The smallest absolute Gasteiger partial charge is 0.308 e. The molecule has 10 nitrogen and oxygen atoms in total. The molecular formula is C15H17N3O7. The molecule has 0 radical (unpaired) electrons. The summed E-state index contributed by atoms with van der Waals surface area (Å²) in [5.41, 5.74) is -1.15. The third kappa shape index (κ3) is 3.73. The van der Waals surface area contributed by atoms with Gasteiger partial charge in [0.15, 0.2) is 0 Å². The fourth-order valence-corrected chi connectivity index (χ4v) is 2.85. The topological polar surface area (TPSA) is 133 Å². The second-order valence-corrected chi connectivity index (χ2v) is 5.74. The fraction of sp³-hybridized carbons (Fsp3) is 0.467. The molecule has 0 unspecified atom stereocenters. The standard InChI is InChI=1S/C15H17N3O7/c1-9-12(17(21)22)7-11(8-13(9)18(23)24)14(19)16-5-3-10(4-6-16)15(20)25-2/h7-8,10H,3-6H2,1-2H3. The zero-order valence-electron chi connectivity index (χ0n) is 13.8. The minimum Gasteiger partial charge on any atom is -0.469 e. The van der Waals surface area contributed by atoms with Crippen molar-refractivity contribution >= 4 is 23.3 Å². The minimum absolute atomic E-state index is 0.101. The van der Waals surface area contributed by atoms with Gasteiger partial charge in [0.2, 0.25) is 0 Å². The summed E-state index contributed by atoms with van der Waals surface area (Å²) in [6.07, 6.45) is 0.822. The van der Waals surface area contributed by atoms with E-state index in [1.54, 1.807) is 0 Å². The Morgan fingerprint density at radius 3 is 2.00 bits per heavy atom. The van der Waals surface area contributed by atoms with Crippen LogP contribution >= 0.6 is 0 Å². The number of methoxy groups -OCH3 is 1. The molecule has 10 heteroatoms. The highest BCUT2D eigenvalue weighted by atomic mass is 16.6. The zero-order valence-corrected chi connectivity index (χ0v) is 13.8. The van der Waals surface area contributed by atoms with E-state index in [0.29, 0.717) is 12.8 Å². The van der Waals surface area contributed by atoms with Crippen LogP contribution in [0.2, 0.25) is 0 Å². The summed E-state index contributed by atoms with van der Waals surface area (Å²) in [5, 5.41) is 22.2. The average molecular weight is 351 g/mol. The molecule has 1 fully saturated rings. The number of carbonyl (C=O) groups excluding carboxylic acids is 2. The van der Waals surface area contributed by atoms with Crippen LogP contribution in [0.5, 0.6) is 0 Å². The minimum atomic E-state index is -0.747. The van der Waals surface area contributed by atoms with Gasteiger partial charge in [-0.2, -0.15) is 0 Å². The van der Waals surface area contributed by atoms with Gasteiger partial charge in [0.05, 0.1) is 28.4 Å². The van der Waals surface area contributed by atoms with Gasteiger partial charge < -0.3 is 9.64 Å². The molecule has 1 aliphatic rings. The predicted molar refractivity (Wildman–Crippen MR) is 85.1 cm³/mol. The van der Waals surface area contributed by atoms with Crippen molar-refractivity contribution in [3.63, 3.8) is 0 Å². The van der Waals surface area contributed by atoms with Crippen LogP contribution in [-0.4, -0.2) is 46.8 Å². The Labute approximate surface area is 142 Å². The van der Waals surface area contributed by atoms with Crippen LogP contribution in [0.15, 0.2) is 12.1 Å². The highest BCUT2D eigenvalue weighted by molar-refractivity contribution is 5.96. The molecule has 0 spiro atoms. The largest absolute Gasteiger partial charge is 0.469 e. The molecule has 1 amide bonds. The van der Waals surface area contributed by atoms with E-state index in [1.807, 2.05) is 0 Å². The lowest BCUT2D eigenvalue weighted by Crippen LogP contribution is -2.40. The lowest BCUT2D eigenvalue weighted by molar-refractivity contribution is -0.395. The van der Waals surface area contributed by atoms with Gasteiger partial charge in [-0.25, -0.2) is 0 Å². The summed E-state index contributed by atoms with van der Waals surface area (Å²) in [7, 11) is 1.30. The van der Waals surface area contributed by atoms with Gasteiger partial charge in [0.25, 0.3) is 17.3 Å². The number of nitro benzene ring substituents is 2. The normalized spacial score (nSPS) is 14.9. The molecule has 0 N–H and O–H groups in total. The van der Waals surface area contributed by atoms with Crippen LogP contribution < -0.4 is 0 Å². The highest BCUT2D eigenvalue weighted by Gasteiger charge is 2.31. The first-order valence-corrected chi connectivity index (χ1v) is 7.56. The number of nitro groups is 2. The number of likely N-dealkylation sites (tertiary alicyclic amines) is 1. The third-order valence-electron chi connectivity index (χ3n) is 4.31. The lowest BCUT2D eigenvalue weighted by atomic mass is 9.96. The van der Waals surface area contributed by atoms with E-state index in [2.05, 4.69) is 4.74 Å². The van der Waals surface area contributed by atoms with Crippen LogP contribution in [0.3, 0.4) is 0 Å². The molecule has 0 bridgehead atoms. The van der Waals surface area contributed by atoms with E-state index in [1.165, 1.54) is 18.9 Å². The number of benzene rings is 1.